The molecule has 1 aromatic carbocycles. The Kier molecular flexibility index (Phi) is 4.52. The van der Waals surface area contributed by atoms with E-state index >= 15 is 0 Å². The van der Waals surface area contributed by atoms with Gasteiger partial charge in [0.25, 0.3) is 0 Å². The summed E-state index contributed by atoms with van der Waals surface area (Å²) in [5.41, 5.74) is 4.87. The minimum Gasteiger partial charge on any atom is -0.324 e. The summed E-state index contributed by atoms with van der Waals surface area (Å²) in [4.78, 5) is 12.5. The van der Waals surface area contributed by atoms with Gasteiger partial charge in [-0.3, -0.25) is 9.48 Å². The number of hydrogen-bond acceptors (Lipinski definition) is 2. The molecule has 21 heavy (non-hydrogen) atoms. The first-order chi connectivity index (χ1) is 9.81. The van der Waals surface area contributed by atoms with E-state index in [9.17, 15) is 4.79 Å². The minimum absolute atomic E-state index is 0.0678. The number of halogens is 1. The van der Waals surface area contributed by atoms with Crippen molar-refractivity contribution in [1.82, 2.24) is 9.78 Å². The maximum absolute atomic E-state index is 12.5. The highest BCUT2D eigenvalue weighted by molar-refractivity contribution is 9.10. The van der Waals surface area contributed by atoms with Crippen molar-refractivity contribution in [3.05, 3.63) is 45.2 Å². The van der Waals surface area contributed by atoms with Gasteiger partial charge in [0.2, 0.25) is 5.91 Å². The molecule has 1 N–H and O–H groups in total. The molecule has 0 bridgehead atoms. The number of benzene rings is 1. The van der Waals surface area contributed by atoms with Gasteiger partial charge in [0.1, 0.15) is 6.04 Å². The van der Waals surface area contributed by atoms with Crippen molar-refractivity contribution in [2.45, 2.75) is 40.7 Å². The van der Waals surface area contributed by atoms with Crippen LogP contribution in [0, 0.1) is 27.7 Å². The summed E-state index contributed by atoms with van der Waals surface area (Å²) in [5, 5.41) is 7.41. The normalized spacial score (nSPS) is 12.3. The summed E-state index contributed by atoms with van der Waals surface area (Å²) in [6, 6.07) is 5.66. The molecule has 1 heterocycles. The molecule has 0 radical (unpaired) electrons. The molecule has 0 aliphatic rings. The summed E-state index contributed by atoms with van der Waals surface area (Å²) >= 11 is 3.49. The number of nitrogens with one attached hydrogen (secondary N) is 1. The topological polar surface area (TPSA) is 46.9 Å². The van der Waals surface area contributed by atoms with E-state index in [-0.39, 0.29) is 11.9 Å². The van der Waals surface area contributed by atoms with Crippen LogP contribution in [0.5, 0.6) is 0 Å². The molecule has 112 valence electrons. The number of aryl methyl sites for hydroxylation is 3. The second-order valence-corrected chi connectivity index (χ2v) is 6.21. The van der Waals surface area contributed by atoms with Crippen molar-refractivity contribution in [2.24, 2.45) is 0 Å². The maximum Gasteiger partial charge on any atom is 0.248 e. The Morgan fingerprint density at radius 2 is 1.95 bits per heavy atom. The van der Waals surface area contributed by atoms with E-state index in [1.807, 2.05) is 52.8 Å². The zero-order valence-corrected chi connectivity index (χ0v) is 14.6. The quantitative estimate of drug-likeness (QED) is 0.907. The summed E-state index contributed by atoms with van der Waals surface area (Å²) in [6.45, 7) is 9.72. The van der Waals surface area contributed by atoms with Gasteiger partial charge in [0.15, 0.2) is 0 Å². The average molecular weight is 350 g/mol. The molecular weight excluding hydrogens is 330 g/mol. The summed E-state index contributed by atoms with van der Waals surface area (Å²) in [7, 11) is 0. The van der Waals surface area contributed by atoms with E-state index < -0.39 is 0 Å². The van der Waals surface area contributed by atoms with Gasteiger partial charge < -0.3 is 5.32 Å². The number of amides is 1. The Labute approximate surface area is 133 Å². The fraction of sp³-hybridized carbons (Fsp3) is 0.375. The largest absolute Gasteiger partial charge is 0.324 e. The number of aromatic nitrogens is 2. The van der Waals surface area contributed by atoms with Crippen molar-refractivity contribution in [3.8, 4) is 0 Å². The second kappa shape index (κ2) is 6.02. The van der Waals surface area contributed by atoms with E-state index in [1.54, 1.807) is 4.68 Å². The highest BCUT2D eigenvalue weighted by Gasteiger charge is 2.20. The van der Waals surface area contributed by atoms with Crippen LogP contribution in [0.1, 0.15) is 35.5 Å². The lowest BCUT2D eigenvalue weighted by atomic mass is 10.1. The first kappa shape index (κ1) is 15.8. The van der Waals surface area contributed by atoms with Gasteiger partial charge in [-0.2, -0.15) is 5.10 Å². The standard InChI is InChI=1S/C16H20BrN3O/c1-9-6-7-10(2)14(8-9)18-16(21)13(5)20-12(4)15(17)11(3)19-20/h6-8,13H,1-5H3,(H,18,21). The molecule has 0 saturated carbocycles. The Morgan fingerprint density at radius 3 is 2.52 bits per heavy atom. The third-order valence-electron chi connectivity index (χ3n) is 3.63. The highest BCUT2D eigenvalue weighted by atomic mass is 79.9. The fourth-order valence-corrected chi connectivity index (χ4v) is 2.50. The molecule has 0 saturated heterocycles. The Morgan fingerprint density at radius 1 is 1.29 bits per heavy atom. The lowest BCUT2D eigenvalue weighted by Gasteiger charge is -2.16. The smallest absolute Gasteiger partial charge is 0.248 e. The van der Waals surface area contributed by atoms with Crippen LogP contribution in [0.15, 0.2) is 22.7 Å². The number of anilines is 1. The SMILES string of the molecule is Cc1ccc(C)c(NC(=O)C(C)n2nc(C)c(Br)c2C)c1. The maximum atomic E-state index is 12.5. The zero-order valence-electron chi connectivity index (χ0n) is 13.0. The van der Waals surface area contributed by atoms with Gasteiger partial charge in [-0.15, -0.1) is 0 Å². The van der Waals surface area contributed by atoms with Crippen LogP contribution >= 0.6 is 15.9 Å². The minimum atomic E-state index is -0.366. The van der Waals surface area contributed by atoms with Crippen LogP contribution < -0.4 is 5.32 Å². The highest BCUT2D eigenvalue weighted by Crippen LogP contribution is 2.24. The third kappa shape index (κ3) is 3.18. The van der Waals surface area contributed by atoms with Crippen molar-refractivity contribution >= 4 is 27.5 Å². The van der Waals surface area contributed by atoms with Crippen molar-refractivity contribution in [1.29, 1.82) is 0 Å². The molecule has 1 atom stereocenters. The van der Waals surface area contributed by atoms with Crippen LogP contribution in [0.25, 0.3) is 0 Å². The number of rotatable bonds is 3. The van der Waals surface area contributed by atoms with Crippen LogP contribution in [-0.2, 0) is 4.79 Å². The summed E-state index contributed by atoms with van der Waals surface area (Å²) < 4.78 is 2.70. The van der Waals surface area contributed by atoms with Crippen LogP contribution in [-0.4, -0.2) is 15.7 Å². The Hall–Kier alpha value is -1.62. The molecule has 2 aromatic rings. The van der Waals surface area contributed by atoms with Gasteiger partial charge in [-0.05, 0) is 67.7 Å². The number of carbonyl (C=O) groups is 1. The summed E-state index contributed by atoms with van der Waals surface area (Å²) in [5.74, 6) is -0.0678. The zero-order chi connectivity index (χ0) is 15.7. The van der Waals surface area contributed by atoms with Crippen LogP contribution in [0.4, 0.5) is 5.69 Å². The molecule has 0 aliphatic heterocycles. The van der Waals surface area contributed by atoms with Crippen LogP contribution in [0.3, 0.4) is 0 Å². The molecule has 5 heteroatoms. The van der Waals surface area contributed by atoms with E-state index in [2.05, 4.69) is 26.3 Å². The molecule has 1 amide bonds. The molecule has 0 spiro atoms. The van der Waals surface area contributed by atoms with Crippen LogP contribution in [0.2, 0.25) is 0 Å². The second-order valence-electron chi connectivity index (χ2n) is 5.41. The first-order valence-electron chi connectivity index (χ1n) is 6.90. The van der Waals surface area contributed by atoms with Gasteiger partial charge in [0, 0.05) is 5.69 Å². The van der Waals surface area contributed by atoms with Crippen molar-refractivity contribution < 1.29 is 4.79 Å². The predicted octanol–water partition coefficient (Wildman–Crippen LogP) is 4.08. The van der Waals surface area contributed by atoms with E-state index in [0.29, 0.717) is 0 Å². The van der Waals surface area contributed by atoms with E-state index in [0.717, 1.165) is 32.7 Å². The average Bonchev–Trinajstić information content (AvgIpc) is 2.69. The third-order valence-corrected chi connectivity index (χ3v) is 4.78. The van der Waals surface area contributed by atoms with Gasteiger partial charge in [0.05, 0.1) is 15.9 Å². The lowest BCUT2D eigenvalue weighted by Crippen LogP contribution is -2.25. The van der Waals surface area contributed by atoms with E-state index in [4.69, 9.17) is 0 Å². The van der Waals surface area contributed by atoms with Crippen molar-refractivity contribution in [2.75, 3.05) is 5.32 Å². The summed E-state index contributed by atoms with van der Waals surface area (Å²) in [6.07, 6.45) is 0. The Balaban J connectivity index is 2.23. The number of nitrogens with zero attached hydrogens (tertiary/aromatic N) is 2. The van der Waals surface area contributed by atoms with Gasteiger partial charge >= 0.3 is 0 Å². The van der Waals surface area contributed by atoms with Gasteiger partial charge in [-0.1, -0.05) is 12.1 Å². The fourth-order valence-electron chi connectivity index (χ4n) is 2.24. The molecule has 0 aliphatic carbocycles. The lowest BCUT2D eigenvalue weighted by molar-refractivity contribution is -0.119. The molecule has 2 rings (SSSR count). The number of carbonyl (C=O) groups excluding carboxylic acids is 1. The molecule has 4 nitrogen and oxygen atoms in total. The predicted molar refractivity (Wildman–Crippen MR) is 88.7 cm³/mol. The molecular formula is C16H20BrN3O. The van der Waals surface area contributed by atoms with Gasteiger partial charge in [-0.25, -0.2) is 0 Å². The molecule has 1 unspecified atom stereocenters. The Bertz CT molecular complexity index is 691. The molecule has 0 fully saturated rings. The van der Waals surface area contributed by atoms with E-state index in [1.165, 1.54) is 0 Å². The first-order valence-corrected chi connectivity index (χ1v) is 7.70. The van der Waals surface area contributed by atoms with Crippen molar-refractivity contribution in [3.63, 3.8) is 0 Å². The molecule has 1 aromatic heterocycles. The number of hydrogen-bond donors (Lipinski definition) is 1. The monoisotopic (exact) mass is 349 g/mol.